The summed E-state index contributed by atoms with van der Waals surface area (Å²) in [5.41, 5.74) is 1.74. The third-order valence-corrected chi connectivity index (χ3v) is 6.37. The Morgan fingerprint density at radius 3 is 2.26 bits per heavy atom. The summed E-state index contributed by atoms with van der Waals surface area (Å²) >= 11 is 6.71. The molecule has 3 rings (SSSR count). The second-order valence-corrected chi connectivity index (χ2v) is 9.97. The number of hydrogen-bond donors (Lipinski definition) is 2. The summed E-state index contributed by atoms with van der Waals surface area (Å²) in [5, 5.41) is 2.66. The first kappa shape index (κ1) is 23.2. The Bertz CT molecular complexity index is 1200. The number of aromatic nitrogens is 2. The molecular formula is C20H18Br2N4O4S. The van der Waals surface area contributed by atoms with Gasteiger partial charge in [-0.25, -0.2) is 23.1 Å². The zero-order valence-corrected chi connectivity index (χ0v) is 20.5. The molecule has 2 N–H and O–H groups in total. The molecule has 3 aromatic rings. The van der Waals surface area contributed by atoms with E-state index in [1.54, 1.807) is 32.0 Å². The molecule has 0 unspecified atom stereocenters. The standard InChI is InChI=1S/C20H18Br2N4O4S/c1-12-9-13(2)24-20(23-12)26-31(28,29)16-6-4-15(5-7-16)25-19(27)11-30-18-8-3-14(21)10-17(18)22/h3-10H,11H2,1-2H3,(H,25,27)(H,23,24,26). The van der Waals surface area contributed by atoms with Crippen molar-refractivity contribution in [2.75, 3.05) is 16.6 Å². The quantitative estimate of drug-likeness (QED) is 0.435. The fourth-order valence-corrected chi connectivity index (χ4v) is 4.71. The minimum Gasteiger partial charge on any atom is -0.483 e. The van der Waals surface area contributed by atoms with Crippen LogP contribution in [-0.4, -0.2) is 30.9 Å². The summed E-state index contributed by atoms with van der Waals surface area (Å²) in [6.45, 7) is 3.30. The molecule has 0 saturated carbocycles. The van der Waals surface area contributed by atoms with Gasteiger partial charge >= 0.3 is 0 Å². The van der Waals surface area contributed by atoms with Crippen molar-refractivity contribution in [3.05, 3.63) is 68.9 Å². The molecule has 0 bridgehead atoms. The molecule has 2 aromatic carbocycles. The lowest BCUT2D eigenvalue weighted by Gasteiger charge is -2.10. The second-order valence-electron chi connectivity index (χ2n) is 6.52. The Kier molecular flexibility index (Phi) is 7.29. The third-order valence-electron chi connectivity index (χ3n) is 3.91. The first-order valence-electron chi connectivity index (χ1n) is 8.95. The number of halogens is 2. The van der Waals surface area contributed by atoms with Crippen molar-refractivity contribution in [2.45, 2.75) is 18.7 Å². The zero-order valence-electron chi connectivity index (χ0n) is 16.5. The van der Waals surface area contributed by atoms with Crippen LogP contribution in [-0.2, 0) is 14.8 Å². The normalized spacial score (nSPS) is 11.1. The topological polar surface area (TPSA) is 110 Å². The Hall–Kier alpha value is -2.50. The largest absolute Gasteiger partial charge is 0.483 e. The van der Waals surface area contributed by atoms with Gasteiger partial charge in [0, 0.05) is 21.5 Å². The molecule has 0 atom stereocenters. The van der Waals surface area contributed by atoms with Crippen molar-refractivity contribution in [2.24, 2.45) is 0 Å². The Morgan fingerprint density at radius 2 is 1.65 bits per heavy atom. The van der Waals surface area contributed by atoms with Gasteiger partial charge < -0.3 is 10.1 Å². The molecule has 31 heavy (non-hydrogen) atoms. The molecule has 0 saturated heterocycles. The first-order chi connectivity index (χ1) is 14.6. The molecule has 0 spiro atoms. The molecule has 0 aliphatic rings. The number of ether oxygens (including phenoxy) is 1. The highest BCUT2D eigenvalue weighted by molar-refractivity contribution is 9.11. The summed E-state index contributed by atoms with van der Waals surface area (Å²) in [6.07, 6.45) is 0. The molecule has 0 aliphatic heterocycles. The summed E-state index contributed by atoms with van der Waals surface area (Å²) in [7, 11) is -3.87. The van der Waals surface area contributed by atoms with Crippen LogP contribution >= 0.6 is 31.9 Å². The number of anilines is 2. The summed E-state index contributed by atoms with van der Waals surface area (Å²) < 4.78 is 34.6. The fourth-order valence-electron chi connectivity index (χ4n) is 2.60. The molecule has 1 heterocycles. The van der Waals surface area contributed by atoms with E-state index in [1.807, 2.05) is 6.07 Å². The van der Waals surface area contributed by atoms with Gasteiger partial charge in [-0.05, 0) is 78.3 Å². The lowest BCUT2D eigenvalue weighted by atomic mass is 10.3. The van der Waals surface area contributed by atoms with E-state index in [0.717, 1.165) is 4.47 Å². The van der Waals surface area contributed by atoms with Crippen LogP contribution in [0.1, 0.15) is 11.4 Å². The van der Waals surface area contributed by atoms with E-state index < -0.39 is 10.0 Å². The van der Waals surface area contributed by atoms with Gasteiger partial charge in [0.1, 0.15) is 5.75 Å². The maximum atomic E-state index is 12.6. The number of carbonyl (C=O) groups excluding carboxylic acids is 1. The van der Waals surface area contributed by atoms with Gasteiger partial charge in [0.25, 0.3) is 15.9 Å². The molecule has 0 aliphatic carbocycles. The SMILES string of the molecule is Cc1cc(C)nc(NS(=O)(=O)c2ccc(NC(=O)COc3ccc(Br)cc3Br)cc2)n1. The third kappa shape index (κ3) is 6.49. The van der Waals surface area contributed by atoms with Gasteiger partial charge in [0.2, 0.25) is 5.95 Å². The monoisotopic (exact) mass is 568 g/mol. The average Bonchev–Trinajstić information content (AvgIpc) is 2.66. The zero-order chi connectivity index (χ0) is 22.6. The highest BCUT2D eigenvalue weighted by atomic mass is 79.9. The second kappa shape index (κ2) is 9.75. The molecule has 11 heteroatoms. The molecule has 1 amide bonds. The molecular weight excluding hydrogens is 552 g/mol. The first-order valence-corrected chi connectivity index (χ1v) is 12.0. The van der Waals surface area contributed by atoms with Crippen LogP contribution in [0.15, 0.2) is 62.4 Å². The number of aryl methyl sites for hydroxylation is 2. The van der Waals surface area contributed by atoms with Crippen molar-refractivity contribution in [3.8, 4) is 5.75 Å². The van der Waals surface area contributed by atoms with Crippen LogP contribution in [0.5, 0.6) is 5.75 Å². The lowest BCUT2D eigenvalue weighted by molar-refractivity contribution is -0.118. The predicted octanol–water partition coefficient (Wildman–Crippen LogP) is 4.44. The van der Waals surface area contributed by atoms with Crippen LogP contribution in [0.4, 0.5) is 11.6 Å². The van der Waals surface area contributed by atoms with Crippen LogP contribution in [0.3, 0.4) is 0 Å². The van der Waals surface area contributed by atoms with Crippen LogP contribution < -0.4 is 14.8 Å². The van der Waals surface area contributed by atoms with Crippen molar-refractivity contribution < 1.29 is 17.9 Å². The molecule has 162 valence electrons. The Balaban J connectivity index is 1.61. The van der Waals surface area contributed by atoms with E-state index in [-0.39, 0.29) is 23.4 Å². The summed E-state index contributed by atoms with van der Waals surface area (Å²) in [6, 6.07) is 12.8. The smallest absolute Gasteiger partial charge is 0.264 e. The van der Waals surface area contributed by atoms with Gasteiger partial charge in [-0.1, -0.05) is 15.9 Å². The van der Waals surface area contributed by atoms with Crippen molar-refractivity contribution >= 4 is 59.4 Å². The highest BCUT2D eigenvalue weighted by Crippen LogP contribution is 2.28. The van der Waals surface area contributed by atoms with Crippen LogP contribution in [0.2, 0.25) is 0 Å². The molecule has 0 fully saturated rings. The fraction of sp³-hybridized carbons (Fsp3) is 0.150. The number of sulfonamides is 1. The Labute approximate surface area is 196 Å². The summed E-state index contributed by atoms with van der Waals surface area (Å²) in [5.74, 6) is 0.151. The van der Waals surface area contributed by atoms with E-state index in [1.165, 1.54) is 24.3 Å². The van der Waals surface area contributed by atoms with Gasteiger partial charge in [-0.2, -0.15) is 0 Å². The van der Waals surface area contributed by atoms with Crippen LogP contribution in [0, 0.1) is 13.8 Å². The van der Waals surface area contributed by atoms with E-state index in [0.29, 0.717) is 27.3 Å². The molecule has 1 aromatic heterocycles. The average molecular weight is 570 g/mol. The minimum atomic E-state index is -3.87. The number of nitrogens with one attached hydrogen (secondary N) is 2. The predicted molar refractivity (Wildman–Crippen MR) is 125 cm³/mol. The molecule has 0 radical (unpaired) electrons. The van der Waals surface area contributed by atoms with Crippen LogP contribution in [0.25, 0.3) is 0 Å². The van der Waals surface area contributed by atoms with Gasteiger partial charge in [-0.3, -0.25) is 4.79 Å². The number of rotatable bonds is 7. The van der Waals surface area contributed by atoms with E-state index >= 15 is 0 Å². The number of amides is 1. The summed E-state index contributed by atoms with van der Waals surface area (Å²) in [4.78, 5) is 20.3. The minimum absolute atomic E-state index is 0.00568. The van der Waals surface area contributed by atoms with E-state index in [9.17, 15) is 13.2 Å². The number of hydrogen-bond acceptors (Lipinski definition) is 6. The van der Waals surface area contributed by atoms with E-state index in [4.69, 9.17) is 4.74 Å². The Morgan fingerprint density at radius 1 is 1.00 bits per heavy atom. The van der Waals surface area contributed by atoms with Gasteiger partial charge in [-0.15, -0.1) is 0 Å². The molecule has 8 nitrogen and oxygen atoms in total. The van der Waals surface area contributed by atoms with Gasteiger partial charge in [0.15, 0.2) is 6.61 Å². The highest BCUT2D eigenvalue weighted by Gasteiger charge is 2.16. The van der Waals surface area contributed by atoms with Crippen molar-refractivity contribution in [1.82, 2.24) is 9.97 Å². The number of benzene rings is 2. The van der Waals surface area contributed by atoms with Crippen molar-refractivity contribution in [1.29, 1.82) is 0 Å². The maximum absolute atomic E-state index is 12.6. The van der Waals surface area contributed by atoms with Crippen molar-refractivity contribution in [3.63, 3.8) is 0 Å². The number of nitrogens with zero attached hydrogens (tertiary/aromatic N) is 2. The van der Waals surface area contributed by atoms with E-state index in [2.05, 4.69) is 51.9 Å². The lowest BCUT2D eigenvalue weighted by Crippen LogP contribution is -2.20. The number of carbonyl (C=O) groups is 1. The van der Waals surface area contributed by atoms with Gasteiger partial charge in [0.05, 0.1) is 9.37 Å². The maximum Gasteiger partial charge on any atom is 0.264 e.